The van der Waals surface area contributed by atoms with Crippen LogP contribution in [0.2, 0.25) is 0 Å². The van der Waals surface area contributed by atoms with Crippen molar-refractivity contribution < 1.29 is 17.9 Å². The average molecular weight is 376 g/mol. The zero-order valence-corrected chi connectivity index (χ0v) is 15.8. The molecule has 0 fully saturated rings. The summed E-state index contributed by atoms with van der Waals surface area (Å²) in [7, 11) is -3.85. The number of amides is 1. The van der Waals surface area contributed by atoms with E-state index in [9.17, 15) is 13.2 Å². The molecule has 0 aliphatic rings. The van der Waals surface area contributed by atoms with Gasteiger partial charge in [-0.3, -0.25) is 9.52 Å². The summed E-state index contributed by atoms with van der Waals surface area (Å²) in [5, 5.41) is 2.78. The number of hydrogen-bond acceptors (Lipinski definition) is 4. The molecule has 2 aromatic rings. The molecule has 0 spiro atoms. The lowest BCUT2D eigenvalue weighted by atomic mass is 10.2. The second kappa shape index (κ2) is 9.24. The van der Waals surface area contributed by atoms with Gasteiger partial charge in [-0.1, -0.05) is 31.5 Å². The average Bonchev–Trinajstić information content (AvgIpc) is 2.63. The lowest BCUT2D eigenvalue weighted by Crippen LogP contribution is -2.24. The first-order valence-electron chi connectivity index (χ1n) is 8.60. The van der Waals surface area contributed by atoms with Gasteiger partial charge >= 0.3 is 0 Å². The molecule has 6 nitrogen and oxygen atoms in total. The van der Waals surface area contributed by atoms with E-state index in [2.05, 4.69) is 10.0 Å². The molecule has 0 aromatic heterocycles. The lowest BCUT2D eigenvalue weighted by molar-refractivity contribution is 0.0953. The number of carbonyl (C=O) groups is 1. The molecule has 0 aliphatic heterocycles. The van der Waals surface area contributed by atoms with Crippen LogP contribution in [0, 0.1) is 0 Å². The summed E-state index contributed by atoms with van der Waals surface area (Å²) < 4.78 is 33.4. The van der Waals surface area contributed by atoms with Crippen molar-refractivity contribution in [1.82, 2.24) is 5.32 Å². The fraction of sp³-hybridized carbons (Fsp3) is 0.316. The van der Waals surface area contributed by atoms with Gasteiger partial charge in [0.15, 0.2) is 0 Å². The minimum absolute atomic E-state index is 0.0203. The summed E-state index contributed by atoms with van der Waals surface area (Å²) in [5.74, 6) is 0.164. The second-order valence-corrected chi connectivity index (χ2v) is 7.35. The maximum Gasteiger partial charge on any atom is 0.262 e. The number of hydrogen-bond donors (Lipinski definition) is 2. The van der Waals surface area contributed by atoms with Crippen molar-refractivity contribution in [2.75, 3.05) is 17.9 Å². The van der Waals surface area contributed by atoms with E-state index >= 15 is 0 Å². The number of sulfonamides is 1. The van der Waals surface area contributed by atoms with Gasteiger partial charge in [0, 0.05) is 12.1 Å². The van der Waals surface area contributed by atoms with Gasteiger partial charge in [-0.25, -0.2) is 8.42 Å². The van der Waals surface area contributed by atoms with E-state index in [1.807, 2.05) is 13.8 Å². The molecule has 0 radical (unpaired) electrons. The predicted octanol–water partition coefficient (Wildman–Crippen LogP) is 3.42. The molecule has 0 unspecified atom stereocenters. The van der Waals surface area contributed by atoms with Crippen molar-refractivity contribution in [3.05, 3.63) is 54.1 Å². The van der Waals surface area contributed by atoms with Crippen LogP contribution in [-0.2, 0) is 10.0 Å². The van der Waals surface area contributed by atoms with E-state index in [0.717, 1.165) is 12.8 Å². The Morgan fingerprint density at radius 2 is 1.85 bits per heavy atom. The smallest absolute Gasteiger partial charge is 0.262 e. The summed E-state index contributed by atoms with van der Waals surface area (Å²) >= 11 is 0. The Morgan fingerprint density at radius 1 is 1.08 bits per heavy atom. The number of carbonyl (C=O) groups excluding carboxylic acids is 1. The van der Waals surface area contributed by atoms with Crippen molar-refractivity contribution in [3.8, 4) is 5.75 Å². The third-order valence-electron chi connectivity index (χ3n) is 3.65. The number of unbranched alkanes of at least 4 members (excludes halogenated alkanes) is 1. The Kier molecular flexibility index (Phi) is 7.03. The minimum atomic E-state index is -3.85. The van der Waals surface area contributed by atoms with Gasteiger partial charge in [0.25, 0.3) is 15.9 Å². The molecule has 2 aromatic carbocycles. The molecule has 26 heavy (non-hydrogen) atoms. The SMILES string of the molecule is CCCCNC(=O)c1cccc(S(=O)(=O)Nc2ccccc2OCC)c1. The van der Waals surface area contributed by atoms with Crippen molar-refractivity contribution in [2.45, 2.75) is 31.6 Å². The number of ether oxygens (including phenoxy) is 1. The fourth-order valence-corrected chi connectivity index (χ4v) is 3.44. The molecule has 7 heteroatoms. The Balaban J connectivity index is 2.22. The molecule has 1 amide bonds. The minimum Gasteiger partial charge on any atom is -0.492 e. The van der Waals surface area contributed by atoms with Gasteiger partial charge in [0.1, 0.15) is 5.75 Å². The molecule has 0 atom stereocenters. The van der Waals surface area contributed by atoms with E-state index in [4.69, 9.17) is 4.74 Å². The molecular formula is C19H24N2O4S. The van der Waals surface area contributed by atoms with Crippen LogP contribution >= 0.6 is 0 Å². The van der Waals surface area contributed by atoms with Gasteiger partial charge in [-0.05, 0) is 43.7 Å². The zero-order chi connectivity index (χ0) is 19.0. The van der Waals surface area contributed by atoms with Gasteiger partial charge in [0.2, 0.25) is 0 Å². The number of rotatable bonds is 9. The largest absolute Gasteiger partial charge is 0.492 e. The van der Waals surface area contributed by atoms with Gasteiger partial charge in [0.05, 0.1) is 17.2 Å². The topological polar surface area (TPSA) is 84.5 Å². The van der Waals surface area contributed by atoms with Crippen molar-refractivity contribution in [2.24, 2.45) is 0 Å². The monoisotopic (exact) mass is 376 g/mol. The summed E-state index contributed by atoms with van der Waals surface area (Å²) in [6.45, 7) is 4.84. The van der Waals surface area contributed by atoms with Crippen molar-refractivity contribution in [3.63, 3.8) is 0 Å². The van der Waals surface area contributed by atoms with Crippen LogP contribution in [0.4, 0.5) is 5.69 Å². The fourth-order valence-electron chi connectivity index (χ4n) is 2.32. The normalized spacial score (nSPS) is 11.0. The Hall–Kier alpha value is -2.54. The number of benzene rings is 2. The van der Waals surface area contributed by atoms with Gasteiger partial charge < -0.3 is 10.1 Å². The Morgan fingerprint density at radius 3 is 2.58 bits per heavy atom. The van der Waals surface area contributed by atoms with E-state index in [1.54, 1.807) is 36.4 Å². The summed E-state index contributed by atoms with van der Waals surface area (Å²) in [5.41, 5.74) is 0.661. The molecule has 2 N–H and O–H groups in total. The maximum atomic E-state index is 12.7. The number of para-hydroxylation sites is 2. The van der Waals surface area contributed by atoms with E-state index < -0.39 is 10.0 Å². The third-order valence-corrected chi connectivity index (χ3v) is 5.02. The van der Waals surface area contributed by atoms with Gasteiger partial charge in [-0.2, -0.15) is 0 Å². The standard InChI is InChI=1S/C19H24N2O4S/c1-3-5-13-20-19(22)15-9-8-10-16(14-15)26(23,24)21-17-11-6-7-12-18(17)25-4-2/h6-12,14,21H,3-5,13H2,1-2H3,(H,20,22). The van der Waals surface area contributed by atoms with E-state index in [-0.39, 0.29) is 10.8 Å². The van der Waals surface area contributed by atoms with Crippen LogP contribution in [0.15, 0.2) is 53.4 Å². The highest BCUT2D eigenvalue weighted by Gasteiger charge is 2.18. The molecule has 0 saturated carbocycles. The van der Waals surface area contributed by atoms with Crippen molar-refractivity contribution in [1.29, 1.82) is 0 Å². The Labute approximate surface area is 154 Å². The van der Waals surface area contributed by atoms with Crippen LogP contribution in [0.5, 0.6) is 5.75 Å². The van der Waals surface area contributed by atoms with Crippen LogP contribution < -0.4 is 14.8 Å². The van der Waals surface area contributed by atoms with Crippen LogP contribution in [0.3, 0.4) is 0 Å². The van der Waals surface area contributed by atoms with Crippen LogP contribution in [0.1, 0.15) is 37.0 Å². The second-order valence-electron chi connectivity index (χ2n) is 5.67. The molecule has 0 saturated heterocycles. The maximum absolute atomic E-state index is 12.7. The molecule has 0 aliphatic carbocycles. The first kappa shape index (κ1) is 19.8. The highest BCUT2D eigenvalue weighted by molar-refractivity contribution is 7.92. The lowest BCUT2D eigenvalue weighted by Gasteiger charge is -2.13. The Bertz CT molecular complexity index is 850. The first-order valence-corrected chi connectivity index (χ1v) is 10.1. The third kappa shape index (κ3) is 5.23. The quantitative estimate of drug-likeness (QED) is 0.657. The number of anilines is 1. The molecule has 0 bridgehead atoms. The van der Waals surface area contributed by atoms with E-state index in [1.165, 1.54) is 12.1 Å². The van der Waals surface area contributed by atoms with Crippen LogP contribution in [-0.4, -0.2) is 27.5 Å². The summed E-state index contributed by atoms with van der Waals surface area (Å²) in [6, 6.07) is 12.8. The van der Waals surface area contributed by atoms with E-state index in [0.29, 0.717) is 30.2 Å². The molecule has 2 rings (SSSR count). The van der Waals surface area contributed by atoms with Crippen LogP contribution in [0.25, 0.3) is 0 Å². The van der Waals surface area contributed by atoms with Crippen molar-refractivity contribution >= 4 is 21.6 Å². The highest BCUT2D eigenvalue weighted by Crippen LogP contribution is 2.26. The summed E-state index contributed by atoms with van der Waals surface area (Å²) in [6.07, 6.45) is 1.84. The predicted molar refractivity (Wildman–Crippen MR) is 102 cm³/mol. The zero-order valence-electron chi connectivity index (χ0n) is 15.0. The summed E-state index contributed by atoms with van der Waals surface area (Å²) in [4.78, 5) is 12.2. The number of nitrogens with one attached hydrogen (secondary N) is 2. The molecule has 140 valence electrons. The molecule has 0 heterocycles. The first-order chi connectivity index (χ1) is 12.5. The van der Waals surface area contributed by atoms with Gasteiger partial charge in [-0.15, -0.1) is 0 Å². The molecular weight excluding hydrogens is 352 g/mol. The highest BCUT2D eigenvalue weighted by atomic mass is 32.2.